The summed E-state index contributed by atoms with van der Waals surface area (Å²) in [5, 5.41) is 0. The lowest BCUT2D eigenvalue weighted by atomic mass is 9.93. The van der Waals surface area contributed by atoms with Crippen LogP contribution in [0.4, 0.5) is 13.2 Å². The summed E-state index contributed by atoms with van der Waals surface area (Å²) in [7, 11) is 0. The number of halogens is 4. The van der Waals surface area contributed by atoms with E-state index < -0.39 is 23.6 Å². The molecule has 0 saturated heterocycles. The van der Waals surface area contributed by atoms with Gasteiger partial charge in [0.1, 0.15) is 11.9 Å². The van der Waals surface area contributed by atoms with Crippen LogP contribution in [0.5, 0.6) is 5.75 Å². The number of nitrogens with two attached hydrogens (primary N) is 1. The molecule has 3 rings (SSSR count). The second-order valence-electron chi connectivity index (χ2n) is 4.93. The summed E-state index contributed by atoms with van der Waals surface area (Å²) >= 11 is 3.33. The highest BCUT2D eigenvalue weighted by molar-refractivity contribution is 9.10. The average Bonchev–Trinajstić information content (AvgIpc) is 2.43. The third kappa shape index (κ3) is 2.65. The molecule has 2 N–H and O–H groups in total. The van der Waals surface area contributed by atoms with E-state index in [-0.39, 0.29) is 11.6 Å². The van der Waals surface area contributed by atoms with Crippen LogP contribution in [0.3, 0.4) is 0 Å². The number of rotatable bonds is 1. The van der Waals surface area contributed by atoms with Crippen LogP contribution < -0.4 is 10.5 Å². The average molecular weight is 358 g/mol. The highest BCUT2D eigenvalue weighted by atomic mass is 79.9. The Kier molecular flexibility index (Phi) is 3.67. The van der Waals surface area contributed by atoms with E-state index in [4.69, 9.17) is 10.5 Å². The van der Waals surface area contributed by atoms with E-state index in [1.165, 1.54) is 0 Å². The fraction of sp³-hybridized carbons (Fsp3) is 0.200. The van der Waals surface area contributed by atoms with Crippen LogP contribution in [-0.4, -0.2) is 0 Å². The van der Waals surface area contributed by atoms with Crippen LogP contribution in [0.2, 0.25) is 0 Å². The summed E-state index contributed by atoms with van der Waals surface area (Å²) in [5.74, 6) is -3.40. The van der Waals surface area contributed by atoms with Gasteiger partial charge in [0.25, 0.3) is 0 Å². The molecule has 0 saturated carbocycles. The Morgan fingerprint density at radius 2 is 1.76 bits per heavy atom. The van der Waals surface area contributed by atoms with E-state index in [0.29, 0.717) is 12.2 Å². The molecule has 0 aliphatic carbocycles. The molecule has 2 nitrogen and oxygen atoms in total. The molecule has 21 heavy (non-hydrogen) atoms. The fourth-order valence-electron chi connectivity index (χ4n) is 2.44. The predicted molar refractivity (Wildman–Crippen MR) is 75.4 cm³/mol. The van der Waals surface area contributed by atoms with Gasteiger partial charge < -0.3 is 10.5 Å². The second-order valence-corrected chi connectivity index (χ2v) is 5.85. The van der Waals surface area contributed by atoms with Crippen molar-refractivity contribution in [3.63, 3.8) is 0 Å². The molecule has 1 heterocycles. The lowest BCUT2D eigenvalue weighted by Gasteiger charge is -2.30. The molecular formula is C15H11BrF3NO. The molecule has 6 heteroatoms. The summed E-state index contributed by atoms with van der Waals surface area (Å²) < 4.78 is 46.3. The van der Waals surface area contributed by atoms with Gasteiger partial charge in [-0.2, -0.15) is 0 Å². The summed E-state index contributed by atoms with van der Waals surface area (Å²) in [6, 6.07) is 7.00. The third-order valence-corrected chi connectivity index (χ3v) is 3.98. The molecule has 110 valence electrons. The van der Waals surface area contributed by atoms with E-state index in [1.807, 2.05) is 12.1 Å². The lowest BCUT2D eigenvalue weighted by Crippen LogP contribution is -2.24. The third-order valence-electron chi connectivity index (χ3n) is 3.49. The van der Waals surface area contributed by atoms with Gasteiger partial charge in [-0.3, -0.25) is 0 Å². The molecule has 1 aliphatic heterocycles. The maximum absolute atomic E-state index is 13.3. The Bertz CT molecular complexity index is 684. The maximum atomic E-state index is 13.3. The van der Waals surface area contributed by atoms with E-state index in [2.05, 4.69) is 15.9 Å². The molecule has 0 amide bonds. The van der Waals surface area contributed by atoms with Gasteiger partial charge in [0.2, 0.25) is 0 Å². The Hall–Kier alpha value is -1.53. The Balaban J connectivity index is 1.99. The molecule has 1 aliphatic rings. The van der Waals surface area contributed by atoms with Crippen LogP contribution in [0, 0.1) is 17.5 Å². The van der Waals surface area contributed by atoms with Crippen molar-refractivity contribution in [2.24, 2.45) is 5.73 Å². The Labute approximate surface area is 127 Å². The van der Waals surface area contributed by atoms with Crippen LogP contribution in [0.1, 0.15) is 29.7 Å². The van der Waals surface area contributed by atoms with Crippen molar-refractivity contribution in [2.45, 2.75) is 18.6 Å². The van der Waals surface area contributed by atoms with Crippen molar-refractivity contribution in [3.8, 4) is 5.75 Å². The van der Waals surface area contributed by atoms with Gasteiger partial charge in [0.05, 0.1) is 0 Å². The van der Waals surface area contributed by atoms with Gasteiger partial charge in [-0.15, -0.1) is 0 Å². The van der Waals surface area contributed by atoms with E-state index in [1.54, 1.807) is 6.07 Å². The molecule has 0 fully saturated rings. The number of hydrogen-bond acceptors (Lipinski definition) is 2. The van der Waals surface area contributed by atoms with E-state index in [0.717, 1.165) is 22.2 Å². The van der Waals surface area contributed by atoms with Crippen molar-refractivity contribution in [1.29, 1.82) is 0 Å². The van der Waals surface area contributed by atoms with Gasteiger partial charge >= 0.3 is 0 Å². The van der Waals surface area contributed by atoms with Gasteiger partial charge in [-0.1, -0.05) is 22.0 Å². The molecule has 0 bridgehead atoms. The summed E-state index contributed by atoms with van der Waals surface area (Å²) in [6.45, 7) is 0. The zero-order chi connectivity index (χ0) is 15.1. The second kappa shape index (κ2) is 5.35. The van der Waals surface area contributed by atoms with Crippen LogP contribution >= 0.6 is 15.9 Å². The standard InChI is InChI=1S/C15H11BrF3NO/c16-8-1-2-9-12(20)6-13(21-14(9)5-8)7-3-10(17)15(19)11(18)4-7/h1-5,12-13H,6,20H2/t12-,13?/m0/s1. The van der Waals surface area contributed by atoms with Crippen LogP contribution in [-0.2, 0) is 0 Å². The van der Waals surface area contributed by atoms with E-state index >= 15 is 0 Å². The minimum atomic E-state index is -1.48. The monoisotopic (exact) mass is 357 g/mol. The molecule has 2 aromatic rings. The van der Waals surface area contributed by atoms with E-state index in [9.17, 15) is 13.2 Å². The highest BCUT2D eigenvalue weighted by Crippen LogP contribution is 2.41. The van der Waals surface area contributed by atoms with Gasteiger partial charge in [0.15, 0.2) is 17.5 Å². The minimum Gasteiger partial charge on any atom is -0.485 e. The highest BCUT2D eigenvalue weighted by Gasteiger charge is 2.28. The maximum Gasteiger partial charge on any atom is 0.194 e. The zero-order valence-electron chi connectivity index (χ0n) is 10.7. The zero-order valence-corrected chi connectivity index (χ0v) is 12.3. The smallest absolute Gasteiger partial charge is 0.194 e. The van der Waals surface area contributed by atoms with Crippen LogP contribution in [0.15, 0.2) is 34.8 Å². The minimum absolute atomic E-state index is 0.229. The Morgan fingerprint density at radius 1 is 1.10 bits per heavy atom. The molecule has 0 spiro atoms. The molecule has 0 aromatic heterocycles. The fourth-order valence-corrected chi connectivity index (χ4v) is 2.78. The van der Waals surface area contributed by atoms with Gasteiger partial charge in [-0.25, -0.2) is 13.2 Å². The van der Waals surface area contributed by atoms with Gasteiger partial charge in [0, 0.05) is 22.5 Å². The number of hydrogen-bond donors (Lipinski definition) is 1. The van der Waals surface area contributed by atoms with Crippen LogP contribution in [0.25, 0.3) is 0 Å². The number of benzene rings is 2. The SMILES string of the molecule is N[C@H]1CC(c2cc(F)c(F)c(F)c2)Oc2cc(Br)ccc21. The topological polar surface area (TPSA) is 35.2 Å². The summed E-state index contributed by atoms with van der Waals surface area (Å²) in [5.41, 5.74) is 7.13. The predicted octanol–water partition coefficient (Wildman–Crippen LogP) is 4.39. The summed E-state index contributed by atoms with van der Waals surface area (Å²) in [4.78, 5) is 0. The first-order valence-electron chi connectivity index (χ1n) is 6.32. The lowest BCUT2D eigenvalue weighted by molar-refractivity contribution is 0.160. The van der Waals surface area contributed by atoms with Crippen molar-refractivity contribution in [2.75, 3.05) is 0 Å². The van der Waals surface area contributed by atoms with Crippen molar-refractivity contribution < 1.29 is 17.9 Å². The first-order valence-corrected chi connectivity index (χ1v) is 7.11. The van der Waals surface area contributed by atoms with Crippen molar-refractivity contribution in [3.05, 3.63) is 63.4 Å². The quantitative estimate of drug-likeness (QED) is 0.768. The first kappa shape index (κ1) is 14.4. The largest absolute Gasteiger partial charge is 0.485 e. The molecule has 1 unspecified atom stereocenters. The summed E-state index contributed by atoms with van der Waals surface area (Å²) in [6.07, 6.45) is -0.259. The molecule has 0 radical (unpaired) electrons. The molecular weight excluding hydrogens is 347 g/mol. The number of ether oxygens (including phenoxy) is 1. The van der Waals surface area contributed by atoms with Crippen molar-refractivity contribution in [1.82, 2.24) is 0 Å². The van der Waals surface area contributed by atoms with Gasteiger partial charge in [-0.05, 0) is 29.8 Å². The first-order chi connectivity index (χ1) is 9.95. The Morgan fingerprint density at radius 3 is 2.43 bits per heavy atom. The normalized spacial score (nSPS) is 20.8. The number of fused-ring (bicyclic) bond motifs is 1. The molecule has 2 atom stereocenters. The molecule has 2 aromatic carbocycles. The van der Waals surface area contributed by atoms with Crippen molar-refractivity contribution >= 4 is 15.9 Å².